The molecule has 11 heavy (non-hydrogen) atoms. The Hall–Kier alpha value is -0.670. The van der Waals surface area contributed by atoms with Gasteiger partial charge in [-0.3, -0.25) is 0 Å². The van der Waals surface area contributed by atoms with Crippen molar-refractivity contribution >= 4 is 6.29 Å². The van der Waals surface area contributed by atoms with E-state index in [-0.39, 0.29) is 6.10 Å². The average Bonchev–Trinajstić information content (AvgIpc) is 2.25. The maximum absolute atomic E-state index is 10.4. The van der Waals surface area contributed by atoms with Crippen LogP contribution in [0.5, 0.6) is 0 Å². The molecule has 0 unspecified atom stereocenters. The molecule has 1 aliphatic rings. The first-order valence-corrected chi connectivity index (χ1v) is 3.52. The molecule has 0 spiro atoms. The molecule has 3 nitrogen and oxygen atoms in total. The Labute approximate surface area is 66.0 Å². The van der Waals surface area contributed by atoms with Gasteiger partial charge in [-0.2, -0.15) is 0 Å². The van der Waals surface area contributed by atoms with Crippen LogP contribution in [0.2, 0.25) is 0 Å². The van der Waals surface area contributed by atoms with Crippen molar-refractivity contribution in [3.63, 3.8) is 0 Å². The summed E-state index contributed by atoms with van der Waals surface area (Å²) < 4.78 is 10.6. The predicted molar refractivity (Wildman–Crippen MR) is 40.1 cm³/mol. The van der Waals surface area contributed by atoms with Gasteiger partial charge in [0.15, 0.2) is 12.1 Å². The molecule has 0 aromatic heterocycles. The second-order valence-corrected chi connectivity index (χ2v) is 2.94. The molecule has 3 heteroatoms. The number of ether oxygens (including phenoxy) is 2. The fourth-order valence-corrected chi connectivity index (χ4v) is 1.10. The Balaban J connectivity index is 2.69. The van der Waals surface area contributed by atoms with Gasteiger partial charge in [0, 0.05) is 0 Å². The number of carbonyl (C=O) groups is 1. The molecule has 0 radical (unpaired) electrons. The summed E-state index contributed by atoms with van der Waals surface area (Å²) in [6.07, 6.45) is 1.51. The van der Waals surface area contributed by atoms with Gasteiger partial charge in [0.2, 0.25) is 0 Å². The van der Waals surface area contributed by atoms with E-state index in [9.17, 15) is 4.79 Å². The largest absolute Gasteiger partial charge is 0.340 e. The Morgan fingerprint density at radius 2 is 1.91 bits per heavy atom. The van der Waals surface area contributed by atoms with Crippen molar-refractivity contribution in [2.75, 3.05) is 0 Å². The molecule has 0 bridgehead atoms. The first kappa shape index (κ1) is 8.43. The number of carbonyl (C=O) groups excluding carboxylic acids is 1. The van der Waals surface area contributed by atoms with E-state index in [1.807, 2.05) is 0 Å². The summed E-state index contributed by atoms with van der Waals surface area (Å²) in [5, 5.41) is 0. The number of aldehydes is 1. The third-order valence-electron chi connectivity index (χ3n) is 1.53. The van der Waals surface area contributed by atoms with Gasteiger partial charge in [-0.1, -0.05) is 6.08 Å². The highest BCUT2D eigenvalue weighted by Gasteiger charge is 2.39. The summed E-state index contributed by atoms with van der Waals surface area (Å²) in [6.45, 7) is 7.08. The Morgan fingerprint density at radius 3 is 2.27 bits per heavy atom. The van der Waals surface area contributed by atoms with Crippen LogP contribution < -0.4 is 0 Å². The molecule has 62 valence electrons. The molecule has 1 fully saturated rings. The van der Waals surface area contributed by atoms with Gasteiger partial charge in [0.1, 0.15) is 12.2 Å². The van der Waals surface area contributed by atoms with Crippen molar-refractivity contribution in [1.82, 2.24) is 0 Å². The molecule has 0 aliphatic carbocycles. The van der Waals surface area contributed by atoms with Crippen molar-refractivity contribution in [3.8, 4) is 0 Å². The zero-order valence-electron chi connectivity index (χ0n) is 6.74. The normalized spacial score (nSPS) is 35.1. The molecule has 0 aromatic rings. The van der Waals surface area contributed by atoms with Crippen LogP contribution in [0.4, 0.5) is 0 Å². The summed E-state index contributed by atoms with van der Waals surface area (Å²) >= 11 is 0. The molecular weight excluding hydrogens is 144 g/mol. The SMILES string of the molecule is C=C[C@H]1OC(C)(C)O[C@@H]1C=O. The van der Waals surface area contributed by atoms with Crippen LogP contribution in [0, 0.1) is 0 Å². The molecular formula is C8H12O3. The minimum Gasteiger partial charge on any atom is -0.340 e. The van der Waals surface area contributed by atoms with Gasteiger partial charge in [0.25, 0.3) is 0 Å². The minimum absolute atomic E-state index is 0.303. The molecule has 0 amide bonds. The zero-order chi connectivity index (χ0) is 8.48. The lowest BCUT2D eigenvalue weighted by Crippen LogP contribution is -2.22. The third-order valence-corrected chi connectivity index (χ3v) is 1.53. The van der Waals surface area contributed by atoms with Gasteiger partial charge < -0.3 is 14.3 Å². The van der Waals surface area contributed by atoms with Gasteiger partial charge in [0.05, 0.1) is 0 Å². The van der Waals surface area contributed by atoms with Crippen LogP contribution in [0.15, 0.2) is 12.7 Å². The highest BCUT2D eigenvalue weighted by atomic mass is 16.8. The van der Waals surface area contributed by atoms with Crippen molar-refractivity contribution in [2.24, 2.45) is 0 Å². The summed E-state index contributed by atoms with van der Waals surface area (Å²) in [5.74, 6) is -0.662. The summed E-state index contributed by atoms with van der Waals surface area (Å²) in [6, 6.07) is 0. The van der Waals surface area contributed by atoms with Crippen LogP contribution in [0.1, 0.15) is 13.8 Å². The van der Waals surface area contributed by atoms with Gasteiger partial charge in [-0.15, -0.1) is 6.58 Å². The second kappa shape index (κ2) is 2.75. The van der Waals surface area contributed by atoms with Gasteiger partial charge in [-0.25, -0.2) is 0 Å². The van der Waals surface area contributed by atoms with E-state index < -0.39 is 11.9 Å². The first-order valence-electron chi connectivity index (χ1n) is 3.52. The Morgan fingerprint density at radius 1 is 1.36 bits per heavy atom. The second-order valence-electron chi connectivity index (χ2n) is 2.94. The predicted octanol–water partition coefficient (Wildman–Crippen LogP) is 0.891. The van der Waals surface area contributed by atoms with E-state index in [4.69, 9.17) is 9.47 Å². The quantitative estimate of drug-likeness (QED) is 0.440. The smallest absolute Gasteiger partial charge is 0.164 e. The molecule has 0 aromatic carbocycles. The summed E-state index contributed by atoms with van der Waals surface area (Å²) in [4.78, 5) is 10.4. The van der Waals surface area contributed by atoms with Crippen molar-refractivity contribution in [1.29, 1.82) is 0 Å². The zero-order valence-corrected chi connectivity index (χ0v) is 6.74. The number of rotatable bonds is 2. The number of hydrogen-bond donors (Lipinski definition) is 0. The molecule has 1 rings (SSSR count). The van der Waals surface area contributed by atoms with Crippen LogP contribution in [-0.2, 0) is 14.3 Å². The Bertz CT molecular complexity index is 156. The van der Waals surface area contributed by atoms with E-state index in [0.717, 1.165) is 6.29 Å². The molecule has 0 saturated carbocycles. The van der Waals surface area contributed by atoms with Crippen molar-refractivity contribution in [3.05, 3.63) is 12.7 Å². The monoisotopic (exact) mass is 156 g/mol. The summed E-state index contributed by atoms with van der Waals surface area (Å²) in [7, 11) is 0. The fourth-order valence-electron chi connectivity index (χ4n) is 1.10. The van der Waals surface area contributed by atoms with Crippen LogP contribution in [0.25, 0.3) is 0 Å². The third kappa shape index (κ3) is 1.67. The maximum Gasteiger partial charge on any atom is 0.164 e. The van der Waals surface area contributed by atoms with E-state index >= 15 is 0 Å². The van der Waals surface area contributed by atoms with Crippen molar-refractivity contribution < 1.29 is 14.3 Å². The molecule has 1 heterocycles. The lowest BCUT2D eigenvalue weighted by Gasteiger charge is -2.15. The maximum atomic E-state index is 10.4. The van der Waals surface area contributed by atoms with Crippen LogP contribution in [-0.4, -0.2) is 24.3 Å². The minimum atomic E-state index is -0.662. The Kier molecular flexibility index (Phi) is 2.11. The van der Waals surface area contributed by atoms with Crippen LogP contribution >= 0.6 is 0 Å². The highest BCUT2D eigenvalue weighted by molar-refractivity contribution is 5.58. The first-order chi connectivity index (χ1) is 5.09. The average molecular weight is 156 g/mol. The molecule has 1 saturated heterocycles. The van der Waals surface area contributed by atoms with E-state index in [2.05, 4.69) is 6.58 Å². The van der Waals surface area contributed by atoms with Crippen LogP contribution in [0.3, 0.4) is 0 Å². The molecule has 2 atom stereocenters. The van der Waals surface area contributed by atoms with E-state index in [1.165, 1.54) is 0 Å². The summed E-state index contributed by atoms with van der Waals surface area (Å²) in [5.41, 5.74) is 0. The van der Waals surface area contributed by atoms with Gasteiger partial charge in [-0.05, 0) is 13.8 Å². The topological polar surface area (TPSA) is 35.5 Å². The van der Waals surface area contributed by atoms with Crippen molar-refractivity contribution in [2.45, 2.75) is 31.8 Å². The van der Waals surface area contributed by atoms with E-state index in [1.54, 1.807) is 19.9 Å². The number of hydrogen-bond acceptors (Lipinski definition) is 3. The standard InChI is InChI=1S/C8H12O3/c1-4-6-7(5-9)11-8(2,3)10-6/h4-7H,1H2,2-3H3/t6-,7-/m1/s1. The molecule has 1 aliphatic heterocycles. The lowest BCUT2D eigenvalue weighted by atomic mass is 10.2. The fraction of sp³-hybridized carbons (Fsp3) is 0.625. The van der Waals surface area contributed by atoms with E-state index in [0.29, 0.717) is 0 Å². The van der Waals surface area contributed by atoms with Gasteiger partial charge >= 0.3 is 0 Å². The molecule has 0 N–H and O–H groups in total. The lowest BCUT2D eigenvalue weighted by molar-refractivity contribution is -0.148. The highest BCUT2D eigenvalue weighted by Crippen LogP contribution is 2.27.